The van der Waals surface area contributed by atoms with E-state index in [9.17, 15) is 76.7 Å². The maximum absolute atomic E-state index is 13.1. The molecule has 4 amide bonds. The first-order chi connectivity index (χ1) is 64.3. The highest BCUT2D eigenvalue weighted by molar-refractivity contribution is 7.80. The molecule has 748 valence electrons. The molecule has 0 aliphatic carbocycles. The number of ether oxygens (including phenoxy) is 5. The van der Waals surface area contributed by atoms with E-state index in [0.29, 0.717) is 107 Å². The van der Waals surface area contributed by atoms with E-state index in [1.165, 1.54) is 28.4 Å². The summed E-state index contributed by atoms with van der Waals surface area (Å²) in [7, 11) is 6.68. The first-order valence-electron chi connectivity index (χ1n) is 46.2. The quantitative estimate of drug-likeness (QED) is 0.00508. The number of unbranched alkanes of at least 4 members (excludes halogenated alkanes) is 4. The number of hydrogen-bond donors (Lipinski definition) is 8. The molecule has 8 N–H and O–H groups in total. The molecule has 4 aromatic carbocycles. The summed E-state index contributed by atoms with van der Waals surface area (Å²) in [4.78, 5) is 203. The van der Waals surface area contributed by atoms with Gasteiger partial charge in [-0.3, -0.25) is 76.7 Å². The number of methoxy groups -OCH3 is 5. The van der Waals surface area contributed by atoms with Crippen molar-refractivity contribution in [3.05, 3.63) is 142 Å². The maximum atomic E-state index is 13.1. The normalized spacial score (nSPS) is 13.2. The molecule has 0 saturated heterocycles. The van der Waals surface area contributed by atoms with Gasteiger partial charge in [0.2, 0.25) is 23.6 Å². The third kappa shape index (κ3) is 52.4. The van der Waals surface area contributed by atoms with Gasteiger partial charge in [0, 0.05) is 136 Å². The standard InChI is InChI=1S/C27H36N2O5S.C26H38N2O6S.2C25H36N2O5S/c1-6-9-21-11-13-22(14-12-21)25(31)17-23(10-7-8-15-28-20(4)35)26(32)29-19(3)24(30)16-18(2)27(33)34-5;1-17(26(32)34-5)14-23(29)18(2)28-25(31)22(8-6-7-13-27-19(3)35)15-24(30)21-11-9-20(10-12-21)16-33-4;2*1-16-9-11-20(12-10-16)23(29)15-21(8-6-7-13-26-19(4)33)24(30)27-18(3)22(28)14-17(2)25(31)32-5/h11-14,18-19,23H,7-8,10,15-17H2,1-5H3,(H,28,35)(H,29,32);9-12,17-18,22H,6-8,13-16H2,1-5H3,(H,27,35)(H,28,31);2*9-12,17-18,21H,6-8,13-15H2,1-5H3,(H,26,33)(H,27,30)/t18-,19+,23-;17-,18+,22-;2*17-,18+,21-/m1111/s1. The largest absolute Gasteiger partial charge is 0.469 e. The van der Waals surface area contributed by atoms with Gasteiger partial charge in [0.1, 0.15) is 0 Å². The average molecular weight is 1960 g/mol. The van der Waals surface area contributed by atoms with Crippen molar-refractivity contribution in [1.82, 2.24) is 42.5 Å². The van der Waals surface area contributed by atoms with Crippen LogP contribution >= 0.6 is 48.9 Å². The minimum Gasteiger partial charge on any atom is -0.469 e. The topological polar surface area (TPSA) is 416 Å². The fraction of sp³-hybridized carbons (Fsp3) is 0.553. The third-order valence-corrected chi connectivity index (χ3v) is 22.8. The molecule has 0 aromatic heterocycles. The minimum absolute atomic E-state index is 0.0241. The lowest BCUT2D eigenvalue weighted by Crippen LogP contribution is -2.43. The van der Waals surface area contributed by atoms with Crippen LogP contribution in [0.15, 0.2) is 97.1 Å². The lowest BCUT2D eigenvalue weighted by Gasteiger charge is -2.20. The van der Waals surface area contributed by atoms with Crippen molar-refractivity contribution >= 4 is 163 Å². The van der Waals surface area contributed by atoms with Gasteiger partial charge in [-0.15, -0.1) is 5.92 Å². The number of rotatable bonds is 58. The summed E-state index contributed by atoms with van der Waals surface area (Å²) < 4.78 is 23.7. The van der Waals surface area contributed by atoms with E-state index in [-0.39, 0.29) is 121 Å². The number of thiocarbonyl (C=S) groups is 4. The molecular formula is C103H146N8O21S4. The molecule has 12 atom stereocenters. The van der Waals surface area contributed by atoms with Crippen molar-refractivity contribution in [2.45, 2.75) is 263 Å². The van der Waals surface area contributed by atoms with E-state index in [1.54, 1.807) is 137 Å². The Hall–Kier alpha value is -10.9. The second kappa shape index (κ2) is 69.0. The molecule has 0 aliphatic rings. The Bertz CT molecular complexity index is 4530. The highest BCUT2D eigenvalue weighted by atomic mass is 32.1. The van der Waals surface area contributed by atoms with Crippen LogP contribution in [0.25, 0.3) is 0 Å². The predicted octanol–water partition coefficient (Wildman–Crippen LogP) is 14.2. The van der Waals surface area contributed by atoms with E-state index in [0.717, 1.165) is 67.2 Å². The SMILES string of the molecule is CC#Cc1ccc(C(=O)C[C@@H](CCCCNC(C)=S)C(=O)N[C@@H](C)C(=O)C[C@@H](C)C(=O)OC)cc1.COC(=O)[C@H](C)CC(=O)[C@H](C)NC(=O)[C@H](CCCCNC(C)=S)CC(=O)c1ccc(C)cc1.COC(=O)[C@H](C)CC(=O)[C@H](C)NC(=O)[C@H](CCCCNC(C)=S)CC(=O)c1ccc(C)cc1.COCc1ccc(C(=O)C[C@@H](CCCCNC(C)=S)C(=O)N[C@@H](C)C(=O)C[C@@H](C)C(=O)OC)cc1. The molecule has 0 aliphatic heterocycles. The fourth-order valence-corrected chi connectivity index (χ4v) is 14.2. The van der Waals surface area contributed by atoms with E-state index >= 15 is 0 Å². The van der Waals surface area contributed by atoms with Crippen molar-refractivity contribution in [2.24, 2.45) is 47.3 Å². The van der Waals surface area contributed by atoms with Crippen LogP contribution in [0, 0.1) is 73.0 Å². The number of aryl methyl sites for hydroxylation is 2. The summed E-state index contributed by atoms with van der Waals surface area (Å²) in [5, 5.41) is 23.3. The van der Waals surface area contributed by atoms with Gasteiger partial charge in [-0.05, 0) is 145 Å². The average Bonchev–Trinajstić information content (AvgIpc) is 0.870. The smallest absolute Gasteiger partial charge is 0.308 e. The van der Waals surface area contributed by atoms with Gasteiger partial charge in [0.15, 0.2) is 46.3 Å². The second-order valence-electron chi connectivity index (χ2n) is 34.3. The maximum Gasteiger partial charge on any atom is 0.308 e. The summed E-state index contributed by atoms with van der Waals surface area (Å²) in [5.74, 6) is -3.69. The van der Waals surface area contributed by atoms with Crippen LogP contribution in [-0.2, 0) is 87.8 Å². The fourth-order valence-electron chi connectivity index (χ4n) is 13.8. The first-order valence-corrected chi connectivity index (χ1v) is 47.9. The van der Waals surface area contributed by atoms with Crippen LogP contribution in [0.1, 0.15) is 282 Å². The number of amides is 4. The summed E-state index contributed by atoms with van der Waals surface area (Å²) >= 11 is 20.0. The molecule has 0 radical (unpaired) electrons. The molecule has 29 nitrogen and oxygen atoms in total. The Morgan fingerprint density at radius 2 is 0.522 bits per heavy atom. The molecular weight excluding hydrogens is 1810 g/mol. The summed E-state index contributed by atoms with van der Waals surface area (Å²) in [6.45, 7) is 28.9. The molecule has 33 heteroatoms. The van der Waals surface area contributed by atoms with E-state index in [2.05, 4.69) is 73.3 Å². The monoisotopic (exact) mass is 1960 g/mol. The highest BCUT2D eigenvalue weighted by Gasteiger charge is 2.33. The molecule has 4 aromatic rings. The van der Waals surface area contributed by atoms with Gasteiger partial charge in [0.05, 0.1) is 103 Å². The molecule has 0 saturated carbocycles. The zero-order chi connectivity index (χ0) is 103. The Morgan fingerprint density at radius 1 is 0.309 bits per heavy atom. The van der Waals surface area contributed by atoms with Crippen LogP contribution in [0.4, 0.5) is 0 Å². The highest BCUT2D eigenvalue weighted by Crippen LogP contribution is 2.25. The Morgan fingerprint density at radius 3 is 0.721 bits per heavy atom. The minimum atomic E-state index is -0.779. The number of Topliss-reactive ketones (excluding diaryl/α,β-unsaturated/α-hetero) is 8. The number of ketones is 8. The summed E-state index contributed by atoms with van der Waals surface area (Å²) in [5.41, 5.74) is 6.03. The van der Waals surface area contributed by atoms with Crippen molar-refractivity contribution in [3.63, 3.8) is 0 Å². The number of benzene rings is 4. The first kappa shape index (κ1) is 123. The Kier molecular flexibility index (Phi) is 62.4. The summed E-state index contributed by atoms with van der Waals surface area (Å²) in [6, 6.07) is 25.5. The van der Waals surface area contributed by atoms with E-state index in [4.69, 9.17) is 53.6 Å². The van der Waals surface area contributed by atoms with Gasteiger partial charge in [-0.1, -0.05) is 204 Å². The molecule has 136 heavy (non-hydrogen) atoms. The second-order valence-corrected chi connectivity index (χ2v) is 36.8. The van der Waals surface area contributed by atoms with Crippen LogP contribution in [0.5, 0.6) is 0 Å². The van der Waals surface area contributed by atoms with Crippen molar-refractivity contribution in [2.75, 3.05) is 61.7 Å². The van der Waals surface area contributed by atoms with Gasteiger partial charge in [0.25, 0.3) is 0 Å². The Labute approximate surface area is 825 Å². The number of hydrogen-bond acceptors (Lipinski definition) is 25. The summed E-state index contributed by atoms with van der Waals surface area (Å²) in [6.07, 6.45) is 8.20. The van der Waals surface area contributed by atoms with Crippen LogP contribution in [0.3, 0.4) is 0 Å². The molecule has 0 bridgehead atoms. The van der Waals surface area contributed by atoms with Crippen molar-refractivity contribution < 1.29 is 100 Å². The molecule has 4 rings (SSSR count). The molecule has 0 spiro atoms. The lowest BCUT2D eigenvalue weighted by atomic mass is 9.91. The van der Waals surface area contributed by atoms with Gasteiger partial charge < -0.3 is 66.2 Å². The van der Waals surface area contributed by atoms with Crippen molar-refractivity contribution in [1.29, 1.82) is 0 Å². The van der Waals surface area contributed by atoms with Gasteiger partial charge in [-0.25, -0.2) is 0 Å². The number of nitrogens with one attached hydrogen (secondary N) is 8. The zero-order valence-corrected chi connectivity index (χ0v) is 86.3. The predicted molar refractivity (Wildman–Crippen MR) is 542 cm³/mol. The van der Waals surface area contributed by atoms with Gasteiger partial charge >= 0.3 is 23.9 Å². The molecule has 0 fully saturated rings. The van der Waals surface area contributed by atoms with Crippen LogP contribution in [-0.4, -0.2) is 200 Å². The number of carbonyl (C=O) groups is 16. The van der Waals surface area contributed by atoms with Crippen molar-refractivity contribution in [3.8, 4) is 11.8 Å². The number of carbonyl (C=O) groups excluding carboxylic acids is 16. The van der Waals surface area contributed by atoms with E-state index in [1.807, 2.05) is 71.0 Å². The lowest BCUT2D eigenvalue weighted by molar-refractivity contribution is -0.147. The molecule has 0 heterocycles. The van der Waals surface area contributed by atoms with Crippen LogP contribution < -0.4 is 42.5 Å². The Balaban J connectivity index is 0.000000907. The zero-order valence-electron chi connectivity index (χ0n) is 83.0. The van der Waals surface area contributed by atoms with E-state index < -0.39 is 95.4 Å². The number of esters is 4. The molecule has 0 unspecified atom stereocenters. The van der Waals surface area contributed by atoms with Gasteiger partial charge in [-0.2, -0.15) is 0 Å². The van der Waals surface area contributed by atoms with Crippen LogP contribution in [0.2, 0.25) is 0 Å². The third-order valence-electron chi connectivity index (χ3n) is 22.2.